The molecule has 3 rings (SSSR count). The minimum absolute atomic E-state index is 0.955. The number of allylic oxidation sites excluding steroid dienone is 2. The van der Waals surface area contributed by atoms with E-state index in [1.807, 2.05) is 34.8 Å². The number of rotatable bonds is 4. The third-order valence-corrected chi connectivity index (χ3v) is 5.15. The van der Waals surface area contributed by atoms with E-state index in [9.17, 15) is 0 Å². The molecule has 0 aliphatic carbocycles. The SMILES string of the molecule is C=CCc1csc2cc3c(CC=C)csc3cc12. The van der Waals surface area contributed by atoms with Gasteiger partial charge in [0, 0.05) is 9.40 Å². The molecule has 0 aliphatic rings. The second-order valence-electron chi connectivity index (χ2n) is 4.35. The molecule has 0 aliphatic heterocycles. The molecule has 0 radical (unpaired) electrons. The Morgan fingerprint density at radius 1 is 0.833 bits per heavy atom. The summed E-state index contributed by atoms with van der Waals surface area (Å²) in [5.41, 5.74) is 2.79. The van der Waals surface area contributed by atoms with E-state index in [-0.39, 0.29) is 0 Å². The molecule has 0 unspecified atom stereocenters. The Balaban J connectivity index is 2.25. The van der Waals surface area contributed by atoms with Crippen molar-refractivity contribution >= 4 is 42.8 Å². The van der Waals surface area contributed by atoms with Gasteiger partial charge in [-0.1, -0.05) is 12.2 Å². The number of fused-ring (bicyclic) bond motifs is 2. The Bertz CT molecular complexity index is 664. The van der Waals surface area contributed by atoms with Crippen LogP contribution in [0.15, 0.2) is 48.2 Å². The van der Waals surface area contributed by atoms with Crippen LogP contribution in [0.5, 0.6) is 0 Å². The van der Waals surface area contributed by atoms with Gasteiger partial charge < -0.3 is 0 Å². The van der Waals surface area contributed by atoms with Crippen molar-refractivity contribution < 1.29 is 0 Å². The van der Waals surface area contributed by atoms with Crippen LogP contribution < -0.4 is 0 Å². The van der Waals surface area contributed by atoms with Gasteiger partial charge in [0.25, 0.3) is 0 Å². The van der Waals surface area contributed by atoms with Gasteiger partial charge in [0.15, 0.2) is 0 Å². The van der Waals surface area contributed by atoms with Crippen LogP contribution in [0.3, 0.4) is 0 Å². The van der Waals surface area contributed by atoms with E-state index in [1.54, 1.807) is 0 Å². The van der Waals surface area contributed by atoms with Gasteiger partial charge in [-0.3, -0.25) is 0 Å². The predicted octanol–water partition coefficient (Wildman–Crippen LogP) is 5.57. The normalized spacial score (nSPS) is 11.1. The third kappa shape index (κ3) is 1.82. The Kier molecular flexibility index (Phi) is 3.06. The fourth-order valence-corrected chi connectivity index (χ4v) is 4.27. The molecule has 0 amide bonds. The number of hydrogen-bond donors (Lipinski definition) is 0. The summed E-state index contributed by atoms with van der Waals surface area (Å²) in [5, 5.41) is 7.28. The Hall–Kier alpha value is -1.38. The Labute approximate surface area is 115 Å². The van der Waals surface area contributed by atoms with Crippen LogP contribution in [0.4, 0.5) is 0 Å². The molecule has 0 bridgehead atoms. The molecule has 18 heavy (non-hydrogen) atoms. The van der Waals surface area contributed by atoms with Crippen LogP contribution >= 0.6 is 22.7 Å². The smallest absolute Gasteiger partial charge is 0.0352 e. The van der Waals surface area contributed by atoms with E-state index < -0.39 is 0 Å². The molecule has 0 saturated carbocycles. The molecule has 0 nitrogen and oxygen atoms in total. The standard InChI is InChI=1S/C16H14S2/c1-3-5-11-9-17-15-8-14-12(6-4-2)10-18-16(14)7-13(11)15/h3-4,7-10H,1-2,5-6H2. The van der Waals surface area contributed by atoms with Crippen molar-refractivity contribution in [2.75, 3.05) is 0 Å². The summed E-state index contributed by atoms with van der Waals surface area (Å²) in [7, 11) is 0. The minimum atomic E-state index is 0.955. The van der Waals surface area contributed by atoms with Crippen molar-refractivity contribution in [3.05, 3.63) is 59.3 Å². The average molecular weight is 270 g/mol. The lowest BCUT2D eigenvalue weighted by atomic mass is 10.1. The molecule has 2 heteroatoms. The van der Waals surface area contributed by atoms with E-state index in [0.717, 1.165) is 12.8 Å². The number of thiophene rings is 2. The zero-order valence-corrected chi connectivity index (χ0v) is 11.7. The zero-order chi connectivity index (χ0) is 12.5. The second kappa shape index (κ2) is 4.71. The van der Waals surface area contributed by atoms with Crippen molar-refractivity contribution in [1.82, 2.24) is 0 Å². The van der Waals surface area contributed by atoms with Crippen LogP contribution in [0.25, 0.3) is 20.2 Å². The van der Waals surface area contributed by atoms with E-state index in [4.69, 9.17) is 0 Å². The van der Waals surface area contributed by atoms with Gasteiger partial charge in [-0.05, 0) is 57.6 Å². The lowest BCUT2D eigenvalue weighted by Gasteiger charge is -1.98. The summed E-state index contributed by atoms with van der Waals surface area (Å²) in [4.78, 5) is 0. The highest BCUT2D eigenvalue weighted by Crippen LogP contribution is 2.35. The van der Waals surface area contributed by atoms with Gasteiger partial charge in [-0.25, -0.2) is 0 Å². The molecular weight excluding hydrogens is 256 g/mol. The number of benzene rings is 1. The lowest BCUT2D eigenvalue weighted by Crippen LogP contribution is -1.78. The van der Waals surface area contributed by atoms with Gasteiger partial charge in [-0.2, -0.15) is 0 Å². The third-order valence-electron chi connectivity index (χ3n) is 3.16. The van der Waals surface area contributed by atoms with Crippen molar-refractivity contribution in [2.24, 2.45) is 0 Å². The highest BCUT2D eigenvalue weighted by molar-refractivity contribution is 7.19. The van der Waals surface area contributed by atoms with Crippen molar-refractivity contribution in [1.29, 1.82) is 0 Å². The fourth-order valence-electron chi connectivity index (χ4n) is 2.28. The van der Waals surface area contributed by atoms with Gasteiger partial charge in [0.2, 0.25) is 0 Å². The van der Waals surface area contributed by atoms with Gasteiger partial charge in [0.05, 0.1) is 0 Å². The van der Waals surface area contributed by atoms with Crippen LogP contribution in [0.1, 0.15) is 11.1 Å². The van der Waals surface area contributed by atoms with Gasteiger partial charge >= 0.3 is 0 Å². The maximum absolute atomic E-state index is 3.83. The lowest BCUT2D eigenvalue weighted by molar-refractivity contribution is 1.33. The maximum Gasteiger partial charge on any atom is 0.0352 e. The minimum Gasteiger partial charge on any atom is -0.143 e. The first kappa shape index (κ1) is 11.7. The highest BCUT2D eigenvalue weighted by atomic mass is 32.1. The van der Waals surface area contributed by atoms with E-state index >= 15 is 0 Å². The molecule has 0 saturated heterocycles. The van der Waals surface area contributed by atoms with Gasteiger partial charge in [-0.15, -0.1) is 35.8 Å². The van der Waals surface area contributed by atoms with Crippen LogP contribution in [-0.4, -0.2) is 0 Å². The first-order valence-corrected chi connectivity index (χ1v) is 7.71. The van der Waals surface area contributed by atoms with E-state index in [0.29, 0.717) is 0 Å². The first-order valence-electron chi connectivity index (χ1n) is 5.95. The largest absolute Gasteiger partial charge is 0.143 e. The van der Waals surface area contributed by atoms with E-state index in [2.05, 4.69) is 36.1 Å². The average Bonchev–Trinajstić information content (AvgIpc) is 2.94. The second-order valence-corrected chi connectivity index (χ2v) is 6.17. The monoisotopic (exact) mass is 270 g/mol. The zero-order valence-electron chi connectivity index (χ0n) is 10.1. The van der Waals surface area contributed by atoms with Crippen molar-refractivity contribution in [3.8, 4) is 0 Å². The molecule has 3 aromatic rings. The molecule has 2 aromatic heterocycles. The van der Waals surface area contributed by atoms with Crippen molar-refractivity contribution in [3.63, 3.8) is 0 Å². The molecule has 1 aromatic carbocycles. The molecule has 90 valence electrons. The molecule has 0 fully saturated rings. The first-order chi connectivity index (χ1) is 8.83. The van der Waals surface area contributed by atoms with Crippen molar-refractivity contribution in [2.45, 2.75) is 12.8 Å². The van der Waals surface area contributed by atoms with Crippen LogP contribution in [-0.2, 0) is 12.8 Å². The molecule has 2 heterocycles. The summed E-state index contributed by atoms with van der Waals surface area (Å²) < 4.78 is 2.76. The Morgan fingerprint density at radius 2 is 1.28 bits per heavy atom. The highest BCUT2D eigenvalue weighted by Gasteiger charge is 2.08. The van der Waals surface area contributed by atoms with Gasteiger partial charge in [0.1, 0.15) is 0 Å². The molecule has 0 atom stereocenters. The maximum atomic E-state index is 3.83. The summed E-state index contributed by atoms with van der Waals surface area (Å²) in [6.07, 6.45) is 5.86. The topological polar surface area (TPSA) is 0 Å². The summed E-state index contributed by atoms with van der Waals surface area (Å²) in [6.45, 7) is 7.66. The molecule has 0 spiro atoms. The van der Waals surface area contributed by atoms with Crippen LogP contribution in [0.2, 0.25) is 0 Å². The fraction of sp³-hybridized carbons (Fsp3) is 0.125. The van der Waals surface area contributed by atoms with Crippen LogP contribution in [0, 0.1) is 0 Å². The van der Waals surface area contributed by atoms with E-state index in [1.165, 1.54) is 31.3 Å². The molecule has 0 N–H and O–H groups in total. The predicted molar refractivity (Wildman–Crippen MR) is 85.0 cm³/mol. The summed E-state index contributed by atoms with van der Waals surface area (Å²) >= 11 is 3.66. The Morgan fingerprint density at radius 3 is 1.67 bits per heavy atom. The summed E-state index contributed by atoms with van der Waals surface area (Å²) in [5.74, 6) is 0. The quantitative estimate of drug-likeness (QED) is 0.543. The summed E-state index contributed by atoms with van der Waals surface area (Å²) in [6, 6.07) is 4.66. The number of hydrogen-bond acceptors (Lipinski definition) is 2. The molecular formula is C16H14S2.